The van der Waals surface area contributed by atoms with Crippen LogP contribution in [0.2, 0.25) is 0 Å². The van der Waals surface area contributed by atoms with Gasteiger partial charge >= 0.3 is 0 Å². The van der Waals surface area contributed by atoms with Crippen molar-refractivity contribution in [2.75, 3.05) is 6.61 Å². The van der Waals surface area contributed by atoms with Gasteiger partial charge < -0.3 is 14.5 Å². The molecule has 2 heterocycles. The molecule has 0 aliphatic carbocycles. The van der Waals surface area contributed by atoms with Crippen LogP contribution in [0.25, 0.3) is 11.0 Å². The maximum atomic E-state index is 11.2. The Morgan fingerprint density at radius 1 is 1.12 bits per heavy atom. The van der Waals surface area contributed by atoms with E-state index in [2.05, 4.69) is 41.7 Å². The van der Waals surface area contributed by atoms with Crippen LogP contribution in [0.5, 0.6) is 5.75 Å². The van der Waals surface area contributed by atoms with Gasteiger partial charge in [0.15, 0.2) is 0 Å². The number of fused-ring (bicyclic) bond motifs is 2. The number of hydrogen-bond acceptors (Lipinski definition) is 3. The number of amides is 1. The fourth-order valence-electron chi connectivity index (χ4n) is 3.53. The summed E-state index contributed by atoms with van der Waals surface area (Å²) >= 11 is 0. The Morgan fingerprint density at radius 2 is 1.88 bits per heavy atom. The number of benzene rings is 2. The zero-order valence-electron chi connectivity index (χ0n) is 15.2. The molecule has 0 saturated carbocycles. The molecule has 0 saturated heterocycles. The molecular weight excluding hydrogens is 326 g/mol. The van der Waals surface area contributed by atoms with E-state index in [1.54, 1.807) is 0 Å². The van der Waals surface area contributed by atoms with Gasteiger partial charge in [-0.1, -0.05) is 24.3 Å². The molecule has 1 aliphatic rings. The second-order valence-electron chi connectivity index (χ2n) is 6.98. The zero-order valence-corrected chi connectivity index (χ0v) is 15.2. The van der Waals surface area contributed by atoms with Crippen molar-refractivity contribution in [2.45, 2.75) is 39.2 Å². The van der Waals surface area contributed by atoms with E-state index < -0.39 is 0 Å². The SMILES string of the molecule is CC(=O)NC(C)c1cc2ccc(CCc3ccc4c(c3)CCO4)cc2o1. The molecule has 0 bridgehead atoms. The quantitative estimate of drug-likeness (QED) is 0.745. The smallest absolute Gasteiger partial charge is 0.217 e. The Kier molecular flexibility index (Phi) is 4.41. The first-order chi connectivity index (χ1) is 12.6. The number of carbonyl (C=O) groups excluding carboxylic acids is 1. The van der Waals surface area contributed by atoms with E-state index >= 15 is 0 Å². The first kappa shape index (κ1) is 16.7. The van der Waals surface area contributed by atoms with Crippen LogP contribution in [0, 0.1) is 0 Å². The Labute approximate surface area is 153 Å². The molecule has 1 aliphatic heterocycles. The third-order valence-electron chi connectivity index (χ3n) is 4.91. The van der Waals surface area contributed by atoms with Crippen LogP contribution in [-0.4, -0.2) is 12.5 Å². The van der Waals surface area contributed by atoms with Crippen molar-refractivity contribution in [3.8, 4) is 5.75 Å². The van der Waals surface area contributed by atoms with Gasteiger partial charge in [-0.15, -0.1) is 0 Å². The largest absolute Gasteiger partial charge is 0.493 e. The van der Waals surface area contributed by atoms with E-state index in [0.29, 0.717) is 0 Å². The molecule has 1 aromatic heterocycles. The highest BCUT2D eigenvalue weighted by molar-refractivity contribution is 5.79. The van der Waals surface area contributed by atoms with Gasteiger partial charge in [-0.2, -0.15) is 0 Å². The van der Waals surface area contributed by atoms with Gasteiger partial charge in [0.2, 0.25) is 5.91 Å². The Morgan fingerprint density at radius 3 is 2.69 bits per heavy atom. The second kappa shape index (κ2) is 6.87. The van der Waals surface area contributed by atoms with Crippen molar-refractivity contribution < 1.29 is 13.9 Å². The summed E-state index contributed by atoms with van der Waals surface area (Å²) in [6, 6.07) is 14.7. The lowest BCUT2D eigenvalue weighted by atomic mass is 10.0. The first-order valence-electron chi connectivity index (χ1n) is 9.12. The van der Waals surface area contributed by atoms with Crippen molar-refractivity contribution in [3.63, 3.8) is 0 Å². The Hall–Kier alpha value is -2.75. The number of nitrogens with one attached hydrogen (secondary N) is 1. The maximum Gasteiger partial charge on any atom is 0.217 e. The van der Waals surface area contributed by atoms with Gasteiger partial charge in [-0.3, -0.25) is 4.79 Å². The number of hydrogen-bond donors (Lipinski definition) is 1. The van der Waals surface area contributed by atoms with Gasteiger partial charge in [0.05, 0.1) is 12.6 Å². The number of aryl methyl sites for hydroxylation is 2. The molecule has 1 amide bonds. The minimum absolute atomic E-state index is 0.0570. The van der Waals surface area contributed by atoms with Crippen molar-refractivity contribution in [2.24, 2.45) is 0 Å². The Balaban J connectivity index is 1.47. The third kappa shape index (κ3) is 3.45. The van der Waals surface area contributed by atoms with Crippen LogP contribution in [-0.2, 0) is 24.1 Å². The lowest BCUT2D eigenvalue weighted by Gasteiger charge is -2.08. The van der Waals surface area contributed by atoms with Gasteiger partial charge in [0, 0.05) is 18.7 Å². The molecule has 3 aromatic rings. The highest BCUT2D eigenvalue weighted by Crippen LogP contribution is 2.27. The van der Waals surface area contributed by atoms with Crippen LogP contribution < -0.4 is 10.1 Å². The van der Waals surface area contributed by atoms with Gasteiger partial charge in [0.1, 0.15) is 17.1 Å². The lowest BCUT2D eigenvalue weighted by molar-refractivity contribution is -0.119. The standard InChI is InChI=1S/C22H23NO3/c1-14(23-15(2)24)21-13-18-7-5-17(12-22(18)26-21)4-3-16-6-8-20-19(11-16)9-10-25-20/h5-8,11-14H,3-4,9-10H2,1-2H3,(H,23,24). The molecule has 4 rings (SSSR count). The summed E-state index contributed by atoms with van der Waals surface area (Å²) < 4.78 is 11.5. The predicted octanol–water partition coefficient (Wildman–Crippen LogP) is 4.35. The van der Waals surface area contributed by atoms with Crippen LogP contribution in [0.3, 0.4) is 0 Å². The van der Waals surface area contributed by atoms with E-state index in [9.17, 15) is 4.79 Å². The minimum atomic E-state index is -0.128. The van der Waals surface area contributed by atoms with Crippen molar-refractivity contribution in [1.29, 1.82) is 0 Å². The first-order valence-corrected chi connectivity index (χ1v) is 9.12. The Bertz CT molecular complexity index is 957. The minimum Gasteiger partial charge on any atom is -0.493 e. The molecule has 0 radical (unpaired) electrons. The van der Waals surface area contributed by atoms with Crippen molar-refractivity contribution >= 4 is 16.9 Å². The molecule has 0 fully saturated rings. The molecule has 1 unspecified atom stereocenters. The molecule has 4 nitrogen and oxygen atoms in total. The highest BCUT2D eigenvalue weighted by Gasteiger charge is 2.14. The number of furan rings is 1. The summed E-state index contributed by atoms with van der Waals surface area (Å²) in [5, 5.41) is 3.92. The molecule has 0 spiro atoms. The number of carbonyl (C=O) groups is 1. The van der Waals surface area contributed by atoms with E-state index in [1.165, 1.54) is 23.6 Å². The van der Waals surface area contributed by atoms with Crippen LogP contribution >= 0.6 is 0 Å². The second-order valence-corrected chi connectivity index (χ2v) is 6.98. The summed E-state index contributed by atoms with van der Waals surface area (Å²) in [6.07, 6.45) is 2.97. The number of rotatable bonds is 5. The van der Waals surface area contributed by atoms with Crippen LogP contribution in [0.4, 0.5) is 0 Å². The molecule has 2 aromatic carbocycles. The zero-order chi connectivity index (χ0) is 18.1. The van der Waals surface area contributed by atoms with E-state index in [1.807, 2.05) is 13.0 Å². The summed E-state index contributed by atoms with van der Waals surface area (Å²) in [6.45, 7) is 4.24. The van der Waals surface area contributed by atoms with Gasteiger partial charge in [-0.25, -0.2) is 0 Å². The van der Waals surface area contributed by atoms with E-state index in [-0.39, 0.29) is 11.9 Å². The average Bonchev–Trinajstić information content (AvgIpc) is 3.25. The summed E-state index contributed by atoms with van der Waals surface area (Å²) in [7, 11) is 0. The number of ether oxygens (including phenoxy) is 1. The normalized spacial score (nSPS) is 14.1. The van der Waals surface area contributed by atoms with Crippen molar-refractivity contribution in [3.05, 3.63) is 64.9 Å². The topological polar surface area (TPSA) is 51.5 Å². The highest BCUT2D eigenvalue weighted by atomic mass is 16.5. The molecule has 1 atom stereocenters. The maximum absolute atomic E-state index is 11.2. The fraction of sp³-hybridized carbons (Fsp3) is 0.318. The monoisotopic (exact) mass is 349 g/mol. The third-order valence-corrected chi connectivity index (χ3v) is 4.91. The molecule has 26 heavy (non-hydrogen) atoms. The molecular formula is C22H23NO3. The van der Waals surface area contributed by atoms with Crippen LogP contribution in [0.1, 0.15) is 42.3 Å². The summed E-state index contributed by atoms with van der Waals surface area (Å²) in [5.41, 5.74) is 4.79. The fourth-order valence-corrected chi connectivity index (χ4v) is 3.53. The lowest BCUT2D eigenvalue weighted by Crippen LogP contribution is -2.23. The van der Waals surface area contributed by atoms with Gasteiger partial charge in [-0.05, 0) is 54.7 Å². The molecule has 1 N–H and O–H groups in total. The van der Waals surface area contributed by atoms with Gasteiger partial charge in [0.25, 0.3) is 0 Å². The van der Waals surface area contributed by atoms with Crippen molar-refractivity contribution in [1.82, 2.24) is 5.32 Å². The molecule has 4 heteroatoms. The molecule has 134 valence electrons. The van der Waals surface area contributed by atoms with Crippen LogP contribution in [0.15, 0.2) is 46.9 Å². The average molecular weight is 349 g/mol. The predicted molar refractivity (Wildman–Crippen MR) is 101 cm³/mol. The summed E-state index contributed by atoms with van der Waals surface area (Å²) in [4.78, 5) is 11.2. The summed E-state index contributed by atoms with van der Waals surface area (Å²) in [5.74, 6) is 1.76. The van der Waals surface area contributed by atoms with E-state index in [4.69, 9.17) is 9.15 Å². The van der Waals surface area contributed by atoms with E-state index in [0.717, 1.165) is 48.3 Å².